The van der Waals surface area contributed by atoms with Crippen LogP contribution in [0.2, 0.25) is 0 Å². The Balaban J connectivity index is 1.98. The predicted molar refractivity (Wildman–Crippen MR) is 159 cm³/mol. The minimum atomic E-state index is -5.32. The topological polar surface area (TPSA) is 136 Å². The number of benzene rings is 2. The van der Waals surface area contributed by atoms with Crippen LogP contribution in [0.25, 0.3) is 32.1 Å². The van der Waals surface area contributed by atoms with Crippen molar-refractivity contribution in [2.45, 2.75) is 19.1 Å². The number of nitrogen functional groups attached to an aromatic ring is 1. The molecule has 3 heterocycles. The van der Waals surface area contributed by atoms with E-state index in [1.165, 1.54) is 25.1 Å². The number of thiophene rings is 1. The van der Waals surface area contributed by atoms with E-state index in [0.717, 1.165) is 0 Å². The molecule has 0 amide bonds. The Kier molecular flexibility index (Phi) is 8.00. The van der Waals surface area contributed by atoms with Crippen molar-refractivity contribution in [3.05, 3.63) is 58.9 Å². The predicted octanol–water partition coefficient (Wildman–Crippen LogP) is 6.10. The first kappa shape index (κ1) is 31.4. The van der Waals surface area contributed by atoms with Crippen LogP contribution in [0.3, 0.4) is 0 Å². The van der Waals surface area contributed by atoms with Crippen LogP contribution in [0.1, 0.15) is 18.1 Å². The highest BCUT2D eigenvalue weighted by Gasteiger charge is 2.44. The van der Waals surface area contributed by atoms with Crippen molar-refractivity contribution in [3.8, 4) is 29.0 Å². The SMILES string of the molecule is C=C/C=C(\C(N)=NC)[C@@H](C)N1CCOc2c(C(F)(F)F)c(-c3cc(F)c(F)c4sc(N)c(C#N)c34)c(F)c3nc(OC)nc1c23. The second-order valence-electron chi connectivity index (χ2n) is 9.71. The fourth-order valence-electron chi connectivity index (χ4n) is 5.36. The number of anilines is 2. The van der Waals surface area contributed by atoms with Gasteiger partial charge in [-0.1, -0.05) is 18.7 Å². The average Bonchev–Trinajstić information content (AvgIpc) is 3.23. The molecule has 1 aliphatic heterocycles. The molecule has 234 valence electrons. The first-order chi connectivity index (χ1) is 21.3. The van der Waals surface area contributed by atoms with Crippen LogP contribution >= 0.6 is 11.3 Å². The summed E-state index contributed by atoms with van der Waals surface area (Å²) in [6.45, 7) is 4.92. The number of rotatable bonds is 6. The average molecular weight is 648 g/mol. The molecule has 0 fully saturated rings. The Hall–Kier alpha value is -5.04. The maximum Gasteiger partial charge on any atom is 0.420 e. The van der Waals surface area contributed by atoms with Crippen LogP contribution in [0.4, 0.5) is 37.2 Å². The maximum absolute atomic E-state index is 16.8. The molecular formula is C29H23F6N7O2S. The summed E-state index contributed by atoms with van der Waals surface area (Å²) in [6.07, 6.45) is -2.31. The van der Waals surface area contributed by atoms with E-state index in [1.54, 1.807) is 19.1 Å². The summed E-state index contributed by atoms with van der Waals surface area (Å²) in [6, 6.07) is 0.966. The lowest BCUT2D eigenvalue weighted by molar-refractivity contribution is -0.138. The molecule has 5 rings (SSSR count). The zero-order chi connectivity index (χ0) is 33.0. The molecule has 2 aromatic heterocycles. The zero-order valence-electron chi connectivity index (χ0n) is 23.8. The summed E-state index contributed by atoms with van der Waals surface area (Å²) in [5.41, 5.74) is 7.64. The van der Waals surface area contributed by atoms with E-state index in [-0.39, 0.29) is 29.8 Å². The largest absolute Gasteiger partial charge is 0.490 e. The van der Waals surface area contributed by atoms with Gasteiger partial charge in [-0.05, 0) is 18.6 Å². The minimum absolute atomic E-state index is 0.0695. The number of hydrogen-bond donors (Lipinski definition) is 2. The number of methoxy groups -OCH3 is 1. The first-order valence-corrected chi connectivity index (χ1v) is 13.9. The monoisotopic (exact) mass is 647 g/mol. The number of nitriles is 1. The normalized spacial score (nSPS) is 14.7. The number of amidine groups is 1. The van der Waals surface area contributed by atoms with Crippen LogP contribution in [0.15, 0.2) is 35.4 Å². The van der Waals surface area contributed by atoms with E-state index in [9.17, 15) is 14.0 Å². The molecule has 0 saturated carbocycles. The first-order valence-electron chi connectivity index (χ1n) is 13.0. The second kappa shape index (κ2) is 11.5. The molecule has 0 unspecified atom stereocenters. The van der Waals surface area contributed by atoms with Gasteiger partial charge in [0.2, 0.25) is 0 Å². The van der Waals surface area contributed by atoms with E-state index in [2.05, 4.69) is 21.5 Å². The summed E-state index contributed by atoms with van der Waals surface area (Å²) in [4.78, 5) is 13.8. The maximum atomic E-state index is 16.8. The third-order valence-electron chi connectivity index (χ3n) is 7.34. The quantitative estimate of drug-likeness (QED) is 0.111. The van der Waals surface area contributed by atoms with Crippen molar-refractivity contribution in [2.75, 3.05) is 37.9 Å². The molecule has 16 heteroatoms. The Labute approximate surface area is 255 Å². The summed E-state index contributed by atoms with van der Waals surface area (Å²) in [7, 11) is 2.63. The Morgan fingerprint density at radius 1 is 1.27 bits per heavy atom. The number of aliphatic imine (C=N–C) groups is 1. The van der Waals surface area contributed by atoms with Gasteiger partial charge in [0.15, 0.2) is 17.5 Å². The van der Waals surface area contributed by atoms with Gasteiger partial charge in [0.05, 0.1) is 35.3 Å². The molecule has 0 aliphatic carbocycles. The zero-order valence-corrected chi connectivity index (χ0v) is 24.6. The molecule has 0 bridgehead atoms. The van der Waals surface area contributed by atoms with Crippen LogP contribution in [-0.2, 0) is 6.18 Å². The van der Waals surface area contributed by atoms with Gasteiger partial charge in [0.1, 0.15) is 46.2 Å². The summed E-state index contributed by atoms with van der Waals surface area (Å²) < 4.78 is 102. The van der Waals surface area contributed by atoms with Crippen molar-refractivity contribution in [1.29, 1.82) is 5.26 Å². The molecule has 4 aromatic rings. The second-order valence-corrected chi connectivity index (χ2v) is 10.8. The highest BCUT2D eigenvalue weighted by atomic mass is 32.1. The highest BCUT2D eigenvalue weighted by Crippen LogP contribution is 2.53. The molecule has 45 heavy (non-hydrogen) atoms. The molecule has 0 radical (unpaired) electrons. The number of aromatic nitrogens is 2. The van der Waals surface area contributed by atoms with E-state index >= 15 is 17.6 Å². The van der Waals surface area contributed by atoms with Gasteiger partial charge in [-0.25, -0.2) is 13.2 Å². The fourth-order valence-corrected chi connectivity index (χ4v) is 6.33. The minimum Gasteiger partial charge on any atom is -0.490 e. The molecule has 1 aliphatic rings. The van der Waals surface area contributed by atoms with Crippen molar-refractivity contribution in [2.24, 2.45) is 10.7 Å². The Morgan fingerprint density at radius 3 is 2.58 bits per heavy atom. The van der Waals surface area contributed by atoms with Gasteiger partial charge in [-0.2, -0.15) is 28.4 Å². The highest BCUT2D eigenvalue weighted by molar-refractivity contribution is 7.23. The number of alkyl halides is 3. The molecule has 0 spiro atoms. The molecular weight excluding hydrogens is 624 g/mol. The number of nitrogens with two attached hydrogens (primary N) is 2. The Bertz CT molecular complexity index is 2000. The standard InChI is InChI=1S/C29H23F6N7O2S/c1-5-6-12(25(37)39-3)11(2)42-7-8-44-23-18-22(40-28(43-4)41-27(18)42)21(32)17(19(23)29(33,34)35)13-9-15(30)20(31)24-16(13)14(10-36)26(38)45-24/h5-6,9,11H,1,7-8,38H2,2-4H3,(H2,37,39)/b12-6-/t11-/m1/s1. The number of hydrogen-bond acceptors (Lipinski definition) is 9. The molecule has 9 nitrogen and oxygen atoms in total. The summed E-state index contributed by atoms with van der Waals surface area (Å²) >= 11 is 0.444. The van der Waals surface area contributed by atoms with Gasteiger partial charge in [-0.15, -0.1) is 11.3 Å². The van der Waals surface area contributed by atoms with Gasteiger partial charge in [0, 0.05) is 23.6 Å². The van der Waals surface area contributed by atoms with Gasteiger partial charge in [-0.3, -0.25) is 4.99 Å². The molecule has 0 saturated heterocycles. The van der Waals surface area contributed by atoms with Gasteiger partial charge < -0.3 is 25.8 Å². The van der Waals surface area contributed by atoms with Crippen molar-refractivity contribution >= 4 is 49.0 Å². The smallest absolute Gasteiger partial charge is 0.420 e. The molecule has 1 atom stereocenters. The Morgan fingerprint density at radius 2 is 1.98 bits per heavy atom. The van der Waals surface area contributed by atoms with Gasteiger partial charge in [0.25, 0.3) is 0 Å². The number of allylic oxidation sites excluding steroid dienone is 2. The lowest BCUT2D eigenvalue weighted by atomic mass is 9.91. The van der Waals surface area contributed by atoms with Gasteiger partial charge >= 0.3 is 12.2 Å². The number of ether oxygens (including phenoxy) is 2. The fraction of sp³-hybridized carbons (Fsp3) is 0.241. The van der Waals surface area contributed by atoms with E-state index < -0.39 is 84.7 Å². The summed E-state index contributed by atoms with van der Waals surface area (Å²) in [5.74, 6) is -5.54. The van der Waals surface area contributed by atoms with Crippen molar-refractivity contribution in [3.63, 3.8) is 0 Å². The van der Waals surface area contributed by atoms with Crippen LogP contribution in [0.5, 0.6) is 11.8 Å². The lowest BCUT2D eigenvalue weighted by Crippen LogP contribution is -2.41. The van der Waals surface area contributed by atoms with E-state index in [4.69, 9.17) is 20.9 Å². The van der Waals surface area contributed by atoms with Crippen LogP contribution in [-0.4, -0.2) is 49.2 Å². The lowest BCUT2D eigenvalue weighted by Gasteiger charge is -2.31. The van der Waals surface area contributed by atoms with Crippen LogP contribution < -0.4 is 25.8 Å². The number of fused-ring (bicyclic) bond motifs is 1. The molecule has 4 N–H and O–H groups in total. The molecule has 2 aromatic carbocycles. The van der Waals surface area contributed by atoms with Crippen LogP contribution in [0, 0.1) is 28.8 Å². The summed E-state index contributed by atoms with van der Waals surface area (Å²) in [5, 5.41) is 8.49. The number of halogens is 6. The van der Waals surface area contributed by atoms with Crippen molar-refractivity contribution in [1.82, 2.24) is 9.97 Å². The third kappa shape index (κ3) is 4.92. The van der Waals surface area contributed by atoms with E-state index in [0.29, 0.717) is 23.0 Å². The van der Waals surface area contributed by atoms with E-state index in [1.807, 2.05) is 0 Å². The number of nitrogens with zero attached hydrogens (tertiary/aromatic N) is 5. The third-order valence-corrected chi connectivity index (χ3v) is 8.35. The van der Waals surface area contributed by atoms with Crippen molar-refractivity contribution < 1.29 is 35.8 Å².